The average Bonchev–Trinajstić information content (AvgIpc) is 3.13. The van der Waals surface area contributed by atoms with Gasteiger partial charge in [0.05, 0.1) is 11.1 Å². The molecular formula is C14H22N4O2S2. The van der Waals surface area contributed by atoms with E-state index in [0.29, 0.717) is 19.4 Å². The molecule has 1 fully saturated rings. The number of aldehydes is 1. The molecule has 2 heterocycles. The summed E-state index contributed by atoms with van der Waals surface area (Å²) in [5, 5.41) is 8.44. The first kappa shape index (κ1) is 17.3. The van der Waals surface area contributed by atoms with E-state index in [1.165, 1.54) is 0 Å². The van der Waals surface area contributed by atoms with E-state index in [1.807, 2.05) is 17.4 Å². The molecule has 2 unspecified atom stereocenters. The number of amides is 1. The molecule has 1 amide bonds. The molecule has 0 N–H and O–H groups in total. The van der Waals surface area contributed by atoms with Gasteiger partial charge in [-0.25, -0.2) is 0 Å². The Morgan fingerprint density at radius 1 is 1.50 bits per heavy atom. The molecule has 1 aromatic heterocycles. The molecule has 1 saturated heterocycles. The predicted molar refractivity (Wildman–Crippen MR) is 89.6 cm³/mol. The monoisotopic (exact) mass is 342 g/mol. The van der Waals surface area contributed by atoms with Gasteiger partial charge in [0.25, 0.3) is 0 Å². The summed E-state index contributed by atoms with van der Waals surface area (Å²) in [6.07, 6.45) is 7.77. The molecule has 1 aliphatic heterocycles. The largest absolute Gasteiger partial charge is 0.330 e. The van der Waals surface area contributed by atoms with Crippen molar-refractivity contribution in [3.05, 3.63) is 11.9 Å². The molecule has 22 heavy (non-hydrogen) atoms. The van der Waals surface area contributed by atoms with Gasteiger partial charge in [0.15, 0.2) is 0 Å². The van der Waals surface area contributed by atoms with Gasteiger partial charge in [-0.15, -0.1) is 5.10 Å². The highest BCUT2D eigenvalue weighted by Gasteiger charge is 2.30. The summed E-state index contributed by atoms with van der Waals surface area (Å²) in [6.45, 7) is 3.54. The lowest BCUT2D eigenvalue weighted by Crippen LogP contribution is -2.34. The lowest BCUT2D eigenvalue weighted by atomic mass is 10.0. The van der Waals surface area contributed by atoms with E-state index in [4.69, 9.17) is 0 Å². The van der Waals surface area contributed by atoms with Crippen LogP contribution in [-0.2, 0) is 16.1 Å². The second-order valence-corrected chi connectivity index (χ2v) is 8.05. The van der Waals surface area contributed by atoms with Crippen LogP contribution in [0.25, 0.3) is 0 Å². The SMILES string of the molecule is CSSC(CC(C)c1cn(CCC=O)nn1)N1CCCC1=O. The van der Waals surface area contributed by atoms with Crippen LogP contribution in [0.2, 0.25) is 0 Å². The number of carbonyl (C=O) groups excluding carboxylic acids is 2. The molecule has 8 heteroatoms. The minimum Gasteiger partial charge on any atom is -0.330 e. The van der Waals surface area contributed by atoms with Crippen molar-refractivity contribution in [3.63, 3.8) is 0 Å². The Labute approximate surface area is 138 Å². The highest BCUT2D eigenvalue weighted by atomic mass is 33.1. The highest BCUT2D eigenvalue weighted by molar-refractivity contribution is 8.76. The van der Waals surface area contributed by atoms with Crippen molar-refractivity contribution < 1.29 is 9.59 Å². The first-order valence-corrected chi connectivity index (χ1v) is 10.1. The molecule has 122 valence electrons. The number of hydrogen-bond acceptors (Lipinski definition) is 6. The molecule has 0 aromatic carbocycles. The molecule has 0 bridgehead atoms. The lowest BCUT2D eigenvalue weighted by molar-refractivity contribution is -0.128. The van der Waals surface area contributed by atoms with Crippen molar-refractivity contribution in [1.29, 1.82) is 0 Å². The van der Waals surface area contributed by atoms with E-state index >= 15 is 0 Å². The first-order valence-electron chi connectivity index (χ1n) is 7.48. The summed E-state index contributed by atoms with van der Waals surface area (Å²) in [4.78, 5) is 24.4. The van der Waals surface area contributed by atoms with E-state index < -0.39 is 0 Å². The third-order valence-electron chi connectivity index (χ3n) is 3.76. The molecule has 0 radical (unpaired) electrons. The molecule has 1 aromatic rings. The second-order valence-electron chi connectivity index (χ2n) is 5.41. The summed E-state index contributed by atoms with van der Waals surface area (Å²) >= 11 is 0. The van der Waals surface area contributed by atoms with Gasteiger partial charge in [-0.05, 0) is 19.1 Å². The van der Waals surface area contributed by atoms with E-state index in [2.05, 4.69) is 17.2 Å². The van der Waals surface area contributed by atoms with Gasteiger partial charge in [0.1, 0.15) is 6.29 Å². The Morgan fingerprint density at radius 2 is 2.32 bits per heavy atom. The Balaban J connectivity index is 1.97. The van der Waals surface area contributed by atoms with Crippen molar-refractivity contribution >= 4 is 33.8 Å². The number of carbonyl (C=O) groups is 2. The van der Waals surface area contributed by atoms with Gasteiger partial charge >= 0.3 is 0 Å². The number of hydrogen-bond donors (Lipinski definition) is 0. The van der Waals surface area contributed by atoms with Crippen molar-refractivity contribution in [2.24, 2.45) is 0 Å². The topological polar surface area (TPSA) is 68.1 Å². The predicted octanol–water partition coefficient (Wildman–Crippen LogP) is 2.32. The normalized spacial score (nSPS) is 17.7. The third kappa shape index (κ3) is 4.49. The fourth-order valence-electron chi connectivity index (χ4n) is 2.56. The molecule has 6 nitrogen and oxygen atoms in total. The summed E-state index contributed by atoms with van der Waals surface area (Å²) < 4.78 is 1.71. The maximum absolute atomic E-state index is 12.0. The zero-order valence-electron chi connectivity index (χ0n) is 13.0. The van der Waals surface area contributed by atoms with Crippen molar-refractivity contribution in [2.45, 2.75) is 50.4 Å². The zero-order valence-corrected chi connectivity index (χ0v) is 14.6. The fraction of sp³-hybridized carbons (Fsp3) is 0.714. The highest BCUT2D eigenvalue weighted by Crippen LogP contribution is 2.35. The number of aromatic nitrogens is 3. The van der Waals surface area contributed by atoms with Crippen LogP contribution < -0.4 is 0 Å². The minimum absolute atomic E-state index is 0.181. The lowest BCUT2D eigenvalue weighted by Gasteiger charge is -2.28. The van der Waals surface area contributed by atoms with Gasteiger partial charge in [-0.1, -0.05) is 33.7 Å². The smallest absolute Gasteiger partial charge is 0.223 e. The van der Waals surface area contributed by atoms with Crippen LogP contribution in [0.4, 0.5) is 0 Å². The molecule has 0 spiro atoms. The fourth-order valence-corrected chi connectivity index (χ4v) is 4.69. The van der Waals surface area contributed by atoms with E-state index in [-0.39, 0.29) is 17.2 Å². The number of aryl methyl sites for hydroxylation is 1. The Bertz CT molecular complexity index is 509. The molecule has 2 rings (SSSR count). The minimum atomic E-state index is 0.181. The molecule has 0 aliphatic carbocycles. The van der Waals surface area contributed by atoms with Crippen LogP contribution in [0, 0.1) is 0 Å². The third-order valence-corrected chi connectivity index (χ3v) is 5.86. The van der Waals surface area contributed by atoms with Crippen molar-refractivity contribution in [3.8, 4) is 0 Å². The van der Waals surface area contributed by atoms with Gasteiger partial charge in [0, 0.05) is 38.0 Å². The van der Waals surface area contributed by atoms with Crippen LogP contribution in [-0.4, -0.2) is 50.3 Å². The first-order chi connectivity index (χ1) is 10.7. The number of likely N-dealkylation sites (tertiary alicyclic amines) is 1. The molecule has 0 saturated carbocycles. The Kier molecular flexibility index (Phi) is 6.75. The summed E-state index contributed by atoms with van der Waals surface area (Å²) in [7, 11) is 3.44. The van der Waals surface area contributed by atoms with Crippen LogP contribution in [0.15, 0.2) is 6.20 Å². The number of rotatable bonds is 9. The van der Waals surface area contributed by atoms with E-state index in [9.17, 15) is 9.59 Å². The van der Waals surface area contributed by atoms with Crippen LogP contribution >= 0.6 is 21.6 Å². The quantitative estimate of drug-likeness (QED) is 0.507. The van der Waals surface area contributed by atoms with E-state index in [0.717, 1.165) is 31.4 Å². The van der Waals surface area contributed by atoms with Crippen molar-refractivity contribution in [1.82, 2.24) is 19.9 Å². The summed E-state index contributed by atoms with van der Waals surface area (Å²) in [5.41, 5.74) is 0.921. The second kappa shape index (κ2) is 8.57. The summed E-state index contributed by atoms with van der Waals surface area (Å²) in [6, 6.07) is 0. The van der Waals surface area contributed by atoms with Gasteiger partial charge in [-0.2, -0.15) is 0 Å². The standard InChI is InChI=1S/C14H22N4O2S2/c1-11(12-10-17(16-15-12)6-4-8-19)9-14(22-21-2)18-7-3-5-13(18)20/h8,10-11,14H,3-7,9H2,1-2H3. The zero-order chi connectivity index (χ0) is 15.9. The van der Waals surface area contributed by atoms with Crippen molar-refractivity contribution in [2.75, 3.05) is 12.8 Å². The average molecular weight is 342 g/mol. The van der Waals surface area contributed by atoms with Gasteiger partial charge in [0.2, 0.25) is 5.91 Å². The summed E-state index contributed by atoms with van der Waals surface area (Å²) in [5.74, 6) is 0.483. The molecule has 2 atom stereocenters. The van der Waals surface area contributed by atoms with Crippen LogP contribution in [0.5, 0.6) is 0 Å². The van der Waals surface area contributed by atoms with Gasteiger partial charge in [-0.3, -0.25) is 9.48 Å². The van der Waals surface area contributed by atoms with Crippen LogP contribution in [0.3, 0.4) is 0 Å². The maximum atomic E-state index is 12.0. The molecule has 1 aliphatic rings. The Hall–Kier alpha value is -1.02. The Morgan fingerprint density at radius 3 is 2.95 bits per heavy atom. The van der Waals surface area contributed by atoms with Gasteiger partial charge < -0.3 is 9.69 Å². The van der Waals surface area contributed by atoms with E-state index in [1.54, 1.807) is 26.3 Å². The maximum Gasteiger partial charge on any atom is 0.223 e. The van der Waals surface area contributed by atoms with Crippen LogP contribution in [0.1, 0.15) is 44.2 Å². The molecular weight excluding hydrogens is 320 g/mol. The number of nitrogens with zero attached hydrogens (tertiary/aromatic N) is 4.